The fourth-order valence-electron chi connectivity index (χ4n) is 7.37. The molecular weight excluding hydrogens is 605 g/mol. The van der Waals surface area contributed by atoms with E-state index >= 15 is 0 Å². The summed E-state index contributed by atoms with van der Waals surface area (Å²) in [5.41, 5.74) is -3.13. The maximum Gasteiger partial charge on any atom is 0.416 e. The Morgan fingerprint density at radius 2 is 1.56 bits per heavy atom. The zero-order valence-electron chi connectivity index (χ0n) is 25.7. The van der Waals surface area contributed by atoms with Gasteiger partial charge in [-0.3, -0.25) is 9.59 Å². The van der Waals surface area contributed by atoms with Gasteiger partial charge in [0.05, 0.1) is 17.2 Å². The average Bonchev–Trinajstić information content (AvgIpc) is 2.95. The van der Waals surface area contributed by atoms with Gasteiger partial charge in [-0.1, -0.05) is 13.0 Å². The number of likely N-dealkylation sites (tertiary alicyclic amines) is 1. The van der Waals surface area contributed by atoms with E-state index in [9.17, 15) is 40.3 Å². The van der Waals surface area contributed by atoms with Crippen molar-refractivity contribution in [2.45, 2.75) is 70.8 Å². The third-order valence-electron chi connectivity index (χ3n) is 10.0. The van der Waals surface area contributed by atoms with E-state index < -0.39 is 41.4 Å². The first-order chi connectivity index (χ1) is 20.9. The minimum absolute atomic E-state index is 0.0753. The van der Waals surface area contributed by atoms with E-state index in [0.717, 1.165) is 32.2 Å². The zero-order valence-corrected chi connectivity index (χ0v) is 25.7. The normalized spacial score (nSPS) is 28.8. The van der Waals surface area contributed by atoms with Gasteiger partial charge in [0, 0.05) is 32.5 Å². The third-order valence-corrected chi connectivity index (χ3v) is 10.0. The highest BCUT2D eigenvalue weighted by atomic mass is 19.4. The van der Waals surface area contributed by atoms with Crippen LogP contribution in [0.3, 0.4) is 0 Å². The molecule has 45 heavy (non-hydrogen) atoms. The molecule has 2 aliphatic carbocycles. The molecule has 1 aromatic rings. The van der Waals surface area contributed by atoms with Crippen molar-refractivity contribution in [1.82, 2.24) is 9.80 Å². The number of alkyl halides is 6. The molecule has 12 heteroatoms. The van der Waals surface area contributed by atoms with Crippen LogP contribution >= 0.6 is 0 Å². The van der Waals surface area contributed by atoms with Crippen LogP contribution in [0.5, 0.6) is 0 Å². The number of halogens is 7. The minimum atomic E-state index is -5.00. The number of aliphatic carboxylic acids is 1. The van der Waals surface area contributed by atoms with E-state index in [1.54, 1.807) is 6.08 Å². The van der Waals surface area contributed by atoms with Crippen molar-refractivity contribution in [2.24, 2.45) is 35.5 Å². The van der Waals surface area contributed by atoms with Gasteiger partial charge >= 0.3 is 18.3 Å². The lowest BCUT2D eigenvalue weighted by Crippen LogP contribution is -2.51. The van der Waals surface area contributed by atoms with Gasteiger partial charge in [-0.25, -0.2) is 4.39 Å². The topological polar surface area (TPSA) is 60.9 Å². The largest absolute Gasteiger partial charge is 0.481 e. The van der Waals surface area contributed by atoms with Gasteiger partial charge < -0.3 is 14.9 Å². The molecule has 0 radical (unpaired) electrons. The Kier molecular flexibility index (Phi) is 10.8. The predicted molar refractivity (Wildman–Crippen MR) is 154 cm³/mol. The van der Waals surface area contributed by atoms with Crippen LogP contribution in [0.2, 0.25) is 0 Å². The number of allylic oxidation sites excluding steroid dienone is 4. The van der Waals surface area contributed by atoms with Crippen LogP contribution in [0.4, 0.5) is 30.7 Å². The summed E-state index contributed by atoms with van der Waals surface area (Å²) >= 11 is 0. The standard InChI is InChI=1S/C33H41F7N2O3/c1-19-12-26(34)8-9-27(19)29-18-42(17-22-6-4-21(5-7-22)13-30(43)44)11-10-28(29)31(45)41(3)20(2)23-14-24(32(35,36)37)16-25(15-23)33(38,39)40/h8-9,12,14-16,19-22,27-29H,4-7,10-11,13,17-18H2,1-3H3,(H,43,44)/t19?,20-,21?,22?,27?,28-,29+/m0/s1. The highest BCUT2D eigenvalue weighted by Crippen LogP contribution is 2.42. The first kappa shape index (κ1) is 35.0. The molecule has 0 aromatic heterocycles. The number of carbonyl (C=O) groups is 2. The number of nitrogens with zero attached hydrogens (tertiary/aromatic N) is 2. The van der Waals surface area contributed by atoms with Crippen molar-refractivity contribution in [3.63, 3.8) is 0 Å². The number of benzene rings is 1. The molecule has 1 saturated carbocycles. The summed E-state index contributed by atoms with van der Waals surface area (Å²) < 4.78 is 95.3. The van der Waals surface area contributed by atoms with Crippen LogP contribution < -0.4 is 0 Å². The van der Waals surface area contributed by atoms with Gasteiger partial charge in [0.2, 0.25) is 5.91 Å². The summed E-state index contributed by atoms with van der Waals surface area (Å²) in [6.45, 7) is 5.18. The molecule has 5 nitrogen and oxygen atoms in total. The molecule has 4 rings (SSSR count). The summed E-state index contributed by atoms with van der Waals surface area (Å²) in [4.78, 5) is 28.7. The van der Waals surface area contributed by atoms with Crippen LogP contribution in [0.25, 0.3) is 0 Å². The lowest BCUT2D eigenvalue weighted by molar-refractivity contribution is -0.143. The van der Waals surface area contributed by atoms with Crippen molar-refractivity contribution in [3.05, 3.63) is 58.9 Å². The molecular formula is C33H41F7N2O3. The number of piperidine rings is 1. The molecule has 2 unspecified atom stereocenters. The second-order valence-corrected chi connectivity index (χ2v) is 13.1. The molecule has 0 spiro atoms. The van der Waals surface area contributed by atoms with Gasteiger partial charge in [-0.2, -0.15) is 26.3 Å². The first-order valence-electron chi connectivity index (χ1n) is 15.5. The fraction of sp³-hybridized carbons (Fsp3) is 0.636. The number of carboxylic acid groups (broad SMARTS) is 1. The first-order valence-corrected chi connectivity index (χ1v) is 15.5. The van der Waals surface area contributed by atoms with E-state index in [4.69, 9.17) is 5.11 Å². The predicted octanol–water partition coefficient (Wildman–Crippen LogP) is 8.14. The van der Waals surface area contributed by atoms with Crippen LogP contribution in [-0.2, 0) is 21.9 Å². The van der Waals surface area contributed by atoms with E-state index in [2.05, 4.69) is 4.90 Å². The second kappa shape index (κ2) is 13.8. The number of carboxylic acids is 1. The number of hydrogen-bond donors (Lipinski definition) is 1. The molecule has 1 heterocycles. The van der Waals surface area contributed by atoms with Crippen LogP contribution in [0, 0.1) is 35.5 Å². The van der Waals surface area contributed by atoms with Gasteiger partial charge in [0.15, 0.2) is 0 Å². The summed E-state index contributed by atoms with van der Waals surface area (Å²) in [6.07, 6.45) is -1.25. The van der Waals surface area contributed by atoms with E-state index in [-0.39, 0.29) is 53.5 Å². The van der Waals surface area contributed by atoms with E-state index in [0.29, 0.717) is 37.6 Å². The monoisotopic (exact) mass is 646 g/mol. The summed E-state index contributed by atoms with van der Waals surface area (Å²) in [5.74, 6) is -2.22. The minimum Gasteiger partial charge on any atom is -0.481 e. The van der Waals surface area contributed by atoms with Crippen molar-refractivity contribution in [2.75, 3.05) is 26.7 Å². The highest BCUT2D eigenvalue weighted by Gasteiger charge is 2.43. The van der Waals surface area contributed by atoms with E-state index in [1.807, 2.05) is 6.92 Å². The quantitative estimate of drug-likeness (QED) is 0.290. The molecule has 1 saturated heterocycles. The van der Waals surface area contributed by atoms with Gasteiger partial charge in [0.25, 0.3) is 0 Å². The molecule has 1 amide bonds. The van der Waals surface area contributed by atoms with Crippen molar-refractivity contribution in [1.29, 1.82) is 0 Å². The van der Waals surface area contributed by atoms with Crippen molar-refractivity contribution in [3.8, 4) is 0 Å². The third kappa shape index (κ3) is 8.68. The Balaban J connectivity index is 1.53. The molecule has 250 valence electrons. The number of hydrogen-bond acceptors (Lipinski definition) is 3. The maximum atomic E-state index is 14.1. The lowest BCUT2D eigenvalue weighted by Gasteiger charge is -2.45. The lowest BCUT2D eigenvalue weighted by atomic mass is 9.70. The SMILES string of the molecule is CC1C=C(F)C=CC1[C@H]1CN(CC2CCC(CC(=O)O)CC2)CC[C@@H]1C(=O)N(C)[C@@H](C)c1cc(C(F)(F)F)cc(C(F)(F)F)c1. The highest BCUT2D eigenvalue weighted by molar-refractivity contribution is 5.79. The molecule has 1 aromatic carbocycles. The zero-order chi connectivity index (χ0) is 33.3. The summed E-state index contributed by atoms with van der Waals surface area (Å²) in [5, 5.41) is 9.12. The average molecular weight is 647 g/mol. The van der Waals surface area contributed by atoms with Gasteiger partial charge in [0.1, 0.15) is 5.83 Å². The molecule has 3 aliphatic rings. The Morgan fingerprint density at radius 1 is 0.978 bits per heavy atom. The number of carbonyl (C=O) groups excluding carboxylic acids is 1. The Hall–Kier alpha value is -2.89. The molecule has 2 fully saturated rings. The number of rotatable bonds is 8. The van der Waals surface area contributed by atoms with Crippen LogP contribution in [0.15, 0.2) is 42.3 Å². The summed E-state index contributed by atoms with van der Waals surface area (Å²) in [7, 11) is 1.40. The van der Waals surface area contributed by atoms with Gasteiger partial charge in [-0.05, 0) is 111 Å². The van der Waals surface area contributed by atoms with Crippen LogP contribution in [-0.4, -0.2) is 53.5 Å². The maximum absolute atomic E-state index is 14.1. The molecule has 5 atom stereocenters. The Bertz CT molecular complexity index is 1250. The fourth-order valence-corrected chi connectivity index (χ4v) is 7.37. The second-order valence-electron chi connectivity index (χ2n) is 13.1. The van der Waals surface area contributed by atoms with Crippen LogP contribution in [0.1, 0.15) is 75.1 Å². The van der Waals surface area contributed by atoms with E-state index in [1.165, 1.54) is 31.0 Å². The molecule has 1 aliphatic heterocycles. The molecule has 0 bridgehead atoms. The smallest absolute Gasteiger partial charge is 0.416 e. The number of amides is 1. The Morgan fingerprint density at radius 3 is 2.09 bits per heavy atom. The molecule has 1 N–H and O–H groups in total. The van der Waals surface area contributed by atoms with Crippen molar-refractivity contribution < 1.29 is 45.4 Å². The van der Waals surface area contributed by atoms with Crippen molar-refractivity contribution >= 4 is 11.9 Å². The summed E-state index contributed by atoms with van der Waals surface area (Å²) in [6, 6.07) is 0.326. The Labute approximate surface area is 259 Å². The van der Waals surface area contributed by atoms with Gasteiger partial charge in [-0.15, -0.1) is 0 Å².